The molecule has 138 valence electrons. The maximum Gasteiger partial charge on any atom is 0.319 e. The first-order valence-electron chi connectivity index (χ1n) is 9.13. The predicted molar refractivity (Wildman–Crippen MR) is 111 cm³/mol. The van der Waals surface area contributed by atoms with Crippen molar-refractivity contribution in [2.45, 2.75) is 12.8 Å². The van der Waals surface area contributed by atoms with Gasteiger partial charge >= 0.3 is 6.03 Å². The van der Waals surface area contributed by atoms with Crippen LogP contribution in [0.2, 0.25) is 0 Å². The van der Waals surface area contributed by atoms with Crippen molar-refractivity contribution >= 4 is 33.3 Å². The fourth-order valence-electron chi connectivity index (χ4n) is 3.08. The van der Waals surface area contributed by atoms with E-state index in [1.807, 2.05) is 42.5 Å². The average Bonchev–Trinajstić information content (AvgIpc) is 3.11. The Morgan fingerprint density at radius 3 is 2.78 bits per heavy atom. The summed E-state index contributed by atoms with van der Waals surface area (Å²) in [5, 5.41) is 10.2. The highest BCUT2D eigenvalue weighted by atomic mass is 32.1. The van der Waals surface area contributed by atoms with E-state index in [2.05, 4.69) is 33.1 Å². The fraction of sp³-hybridized carbons (Fsp3) is 0.238. The Labute approximate surface area is 162 Å². The number of anilines is 1. The molecule has 0 fully saturated rings. The number of thiazole rings is 1. The molecule has 2 heterocycles. The van der Waals surface area contributed by atoms with Crippen LogP contribution in [0.4, 0.5) is 10.5 Å². The molecule has 3 aromatic rings. The molecule has 0 saturated heterocycles. The Hall–Kier alpha value is -2.70. The summed E-state index contributed by atoms with van der Waals surface area (Å²) in [5.41, 5.74) is 4.30. The van der Waals surface area contributed by atoms with Crippen molar-refractivity contribution in [2.24, 2.45) is 0 Å². The lowest BCUT2D eigenvalue weighted by atomic mass is 10.1. The van der Waals surface area contributed by atoms with E-state index < -0.39 is 0 Å². The molecule has 0 aliphatic carbocycles. The van der Waals surface area contributed by atoms with Gasteiger partial charge in [-0.15, -0.1) is 11.3 Å². The third-order valence-electron chi connectivity index (χ3n) is 4.54. The number of nitrogens with zero attached hydrogens (tertiary/aromatic N) is 1. The second kappa shape index (κ2) is 8.33. The van der Waals surface area contributed by atoms with E-state index in [1.165, 1.54) is 15.8 Å². The molecular weight excluding hydrogens is 356 g/mol. The third kappa shape index (κ3) is 4.72. The molecule has 27 heavy (non-hydrogen) atoms. The van der Waals surface area contributed by atoms with Gasteiger partial charge in [0.15, 0.2) is 0 Å². The lowest BCUT2D eigenvalue weighted by Crippen LogP contribution is -2.32. The van der Waals surface area contributed by atoms with Gasteiger partial charge in [0.05, 0.1) is 15.2 Å². The van der Waals surface area contributed by atoms with Crippen LogP contribution in [-0.4, -0.2) is 30.6 Å². The van der Waals surface area contributed by atoms with Crippen LogP contribution in [0.25, 0.3) is 10.2 Å². The predicted octanol–water partition coefficient (Wildman–Crippen LogP) is 3.93. The summed E-state index contributed by atoms with van der Waals surface area (Å²) in [4.78, 5) is 16.7. The van der Waals surface area contributed by atoms with E-state index in [-0.39, 0.29) is 6.03 Å². The Morgan fingerprint density at radius 1 is 1.15 bits per heavy atom. The number of urea groups is 1. The number of hydrogen-bond donors (Lipinski definition) is 3. The van der Waals surface area contributed by atoms with E-state index in [4.69, 9.17) is 0 Å². The van der Waals surface area contributed by atoms with Gasteiger partial charge in [0, 0.05) is 25.2 Å². The lowest BCUT2D eigenvalue weighted by molar-refractivity contribution is 0.252. The van der Waals surface area contributed by atoms with E-state index >= 15 is 0 Å². The molecule has 2 aromatic carbocycles. The number of rotatable bonds is 5. The third-order valence-corrected chi connectivity index (χ3v) is 5.58. The molecule has 0 unspecified atom stereocenters. The molecular formula is C21H22N4OS. The number of carbonyl (C=O) groups excluding carboxylic acids is 1. The summed E-state index contributed by atoms with van der Waals surface area (Å²) >= 11 is 1.73. The second-order valence-electron chi connectivity index (χ2n) is 6.57. The van der Waals surface area contributed by atoms with Crippen LogP contribution in [-0.2, 0) is 6.42 Å². The van der Waals surface area contributed by atoms with Crippen LogP contribution in [0.3, 0.4) is 0 Å². The molecule has 1 aromatic heterocycles. The zero-order valence-corrected chi connectivity index (χ0v) is 15.8. The molecule has 5 nitrogen and oxygen atoms in total. The van der Waals surface area contributed by atoms with E-state index in [0.717, 1.165) is 42.1 Å². The van der Waals surface area contributed by atoms with Crippen LogP contribution in [0, 0.1) is 0 Å². The summed E-state index contributed by atoms with van der Waals surface area (Å²) in [6.45, 7) is 2.46. The van der Waals surface area contributed by atoms with Crippen molar-refractivity contribution in [3.8, 4) is 0 Å². The smallest absolute Gasteiger partial charge is 0.319 e. The van der Waals surface area contributed by atoms with Crippen molar-refractivity contribution in [1.29, 1.82) is 0 Å². The number of aromatic nitrogens is 1. The Morgan fingerprint density at radius 2 is 2.00 bits per heavy atom. The molecule has 3 N–H and O–H groups in total. The number of benzene rings is 2. The maximum atomic E-state index is 12.1. The number of para-hydroxylation sites is 1. The number of hydrogen-bond acceptors (Lipinski definition) is 4. The molecule has 0 bridgehead atoms. The van der Waals surface area contributed by atoms with Crippen LogP contribution >= 0.6 is 11.3 Å². The number of amides is 2. The summed E-state index contributed by atoms with van der Waals surface area (Å²) in [7, 11) is 0. The van der Waals surface area contributed by atoms with Gasteiger partial charge in [0.2, 0.25) is 0 Å². The first-order chi connectivity index (χ1) is 13.3. The van der Waals surface area contributed by atoms with Crippen LogP contribution in [0.1, 0.15) is 17.0 Å². The Bertz CT molecular complexity index is 929. The Kier molecular flexibility index (Phi) is 5.46. The minimum absolute atomic E-state index is 0.173. The molecule has 2 amide bonds. The molecule has 0 radical (unpaired) electrons. The Balaban J connectivity index is 1.31. The summed E-state index contributed by atoms with van der Waals surface area (Å²) < 4.78 is 1.21. The molecule has 6 heteroatoms. The molecule has 4 rings (SSSR count). The number of nitrogens with one attached hydrogen (secondary N) is 3. The standard InChI is InChI=1S/C21H22N4OS/c26-21(23-14-16-9-11-22-12-10-16)24-17-7-5-15(6-8-17)13-20-25-18-3-1-2-4-19(18)27-20/h1-9,22H,10-14H2,(H2,23,24,26). The quantitative estimate of drug-likeness (QED) is 0.590. The van der Waals surface area contributed by atoms with Gasteiger partial charge in [-0.25, -0.2) is 9.78 Å². The monoisotopic (exact) mass is 378 g/mol. The van der Waals surface area contributed by atoms with Crippen molar-refractivity contribution < 1.29 is 4.79 Å². The normalized spacial score (nSPS) is 14.0. The lowest BCUT2D eigenvalue weighted by Gasteiger charge is -2.15. The van der Waals surface area contributed by atoms with Crippen molar-refractivity contribution in [3.05, 3.63) is 70.8 Å². The molecule has 1 aliphatic rings. The van der Waals surface area contributed by atoms with Gasteiger partial charge in [0.25, 0.3) is 0 Å². The van der Waals surface area contributed by atoms with Crippen LogP contribution in [0.15, 0.2) is 60.2 Å². The van der Waals surface area contributed by atoms with E-state index in [9.17, 15) is 4.79 Å². The van der Waals surface area contributed by atoms with Crippen LogP contribution in [0.5, 0.6) is 0 Å². The zero-order valence-electron chi connectivity index (χ0n) is 15.0. The van der Waals surface area contributed by atoms with Gasteiger partial charge in [0.1, 0.15) is 0 Å². The minimum Gasteiger partial charge on any atom is -0.334 e. The second-order valence-corrected chi connectivity index (χ2v) is 7.69. The average molecular weight is 379 g/mol. The highest BCUT2D eigenvalue weighted by molar-refractivity contribution is 7.18. The SMILES string of the molecule is O=C(NCC1=CCNCC1)Nc1ccc(Cc2nc3ccccc3s2)cc1. The number of fused-ring (bicyclic) bond motifs is 1. The highest BCUT2D eigenvalue weighted by Crippen LogP contribution is 2.24. The van der Waals surface area contributed by atoms with Gasteiger partial charge in [-0.3, -0.25) is 0 Å². The summed E-state index contributed by atoms with van der Waals surface area (Å²) in [6, 6.07) is 16.0. The summed E-state index contributed by atoms with van der Waals surface area (Å²) in [6.07, 6.45) is 3.93. The van der Waals surface area contributed by atoms with Gasteiger partial charge in [-0.05, 0) is 42.8 Å². The topological polar surface area (TPSA) is 66.1 Å². The highest BCUT2D eigenvalue weighted by Gasteiger charge is 2.07. The molecule has 0 spiro atoms. The van der Waals surface area contributed by atoms with Gasteiger partial charge in [-0.1, -0.05) is 35.9 Å². The largest absolute Gasteiger partial charge is 0.334 e. The van der Waals surface area contributed by atoms with Crippen molar-refractivity contribution in [1.82, 2.24) is 15.6 Å². The van der Waals surface area contributed by atoms with Gasteiger partial charge < -0.3 is 16.0 Å². The summed E-state index contributed by atoms with van der Waals surface area (Å²) in [5.74, 6) is 0. The fourth-order valence-corrected chi connectivity index (χ4v) is 4.08. The molecule has 0 saturated carbocycles. The number of carbonyl (C=O) groups is 1. The minimum atomic E-state index is -0.173. The van der Waals surface area contributed by atoms with Crippen molar-refractivity contribution in [3.63, 3.8) is 0 Å². The maximum absolute atomic E-state index is 12.1. The molecule has 0 atom stereocenters. The van der Waals surface area contributed by atoms with Crippen LogP contribution < -0.4 is 16.0 Å². The first-order valence-corrected chi connectivity index (χ1v) is 9.95. The van der Waals surface area contributed by atoms with Gasteiger partial charge in [-0.2, -0.15) is 0 Å². The zero-order chi connectivity index (χ0) is 18.5. The molecule has 1 aliphatic heterocycles. The first kappa shape index (κ1) is 17.7. The van der Waals surface area contributed by atoms with Crippen molar-refractivity contribution in [2.75, 3.05) is 25.0 Å². The van der Waals surface area contributed by atoms with E-state index in [0.29, 0.717) is 6.54 Å². The van der Waals surface area contributed by atoms with E-state index in [1.54, 1.807) is 11.3 Å².